The molecule has 1 aliphatic rings. The van der Waals surface area contributed by atoms with Crippen LogP contribution < -0.4 is 10.6 Å². The number of benzene rings is 1. The average Bonchev–Trinajstić information content (AvgIpc) is 2.87. The minimum Gasteiger partial charge on any atom is -0.376 e. The van der Waals surface area contributed by atoms with E-state index in [-0.39, 0.29) is 23.2 Å². The van der Waals surface area contributed by atoms with Crippen LogP contribution in [0, 0.1) is 5.82 Å². The maximum atomic E-state index is 13.0. The quantitative estimate of drug-likeness (QED) is 0.897. The van der Waals surface area contributed by atoms with Gasteiger partial charge in [-0.1, -0.05) is 11.6 Å². The Hall–Kier alpha value is -1.33. The van der Waals surface area contributed by atoms with Crippen LogP contribution in [0.3, 0.4) is 0 Å². The summed E-state index contributed by atoms with van der Waals surface area (Å²) >= 11 is 5.64. The van der Waals surface area contributed by atoms with E-state index in [1.165, 1.54) is 18.2 Å². The van der Waals surface area contributed by atoms with Crippen LogP contribution in [0.15, 0.2) is 18.2 Å². The number of nitrogens with one attached hydrogen (secondary N) is 2. The summed E-state index contributed by atoms with van der Waals surface area (Å²) < 4.78 is 18.5. The summed E-state index contributed by atoms with van der Waals surface area (Å²) in [5.41, 5.74) is 0.448. The van der Waals surface area contributed by atoms with E-state index in [1.807, 2.05) is 6.92 Å². The largest absolute Gasteiger partial charge is 0.376 e. The standard InChI is InChI=1S/C13H16ClFN2O2/c1-8(12-3-2-6-19-12)16-13(18)17-9-4-5-11(15)10(14)7-9/h4-5,7-8,12H,2-3,6H2,1H3,(H2,16,17,18)/t8-,12-/m1/s1. The summed E-state index contributed by atoms with van der Waals surface area (Å²) in [6.45, 7) is 2.64. The van der Waals surface area contributed by atoms with Crippen LogP contribution in [0.4, 0.5) is 14.9 Å². The fraction of sp³-hybridized carbons (Fsp3) is 0.462. The molecule has 0 saturated carbocycles. The van der Waals surface area contributed by atoms with Gasteiger partial charge in [-0.25, -0.2) is 9.18 Å². The van der Waals surface area contributed by atoms with Crippen molar-refractivity contribution in [3.05, 3.63) is 29.0 Å². The number of hydrogen-bond acceptors (Lipinski definition) is 2. The molecule has 0 aliphatic carbocycles. The molecule has 19 heavy (non-hydrogen) atoms. The molecule has 1 aromatic rings. The molecule has 1 aliphatic heterocycles. The first-order valence-corrected chi connectivity index (χ1v) is 6.58. The summed E-state index contributed by atoms with van der Waals surface area (Å²) in [4.78, 5) is 11.8. The molecule has 2 N–H and O–H groups in total. The van der Waals surface area contributed by atoms with Crippen LogP contribution in [-0.2, 0) is 4.74 Å². The van der Waals surface area contributed by atoms with Gasteiger partial charge in [-0.3, -0.25) is 0 Å². The molecule has 4 nitrogen and oxygen atoms in total. The third-order valence-electron chi connectivity index (χ3n) is 3.06. The second-order valence-corrected chi connectivity index (χ2v) is 4.97. The summed E-state index contributed by atoms with van der Waals surface area (Å²) in [5, 5.41) is 5.38. The molecule has 1 aromatic carbocycles. The van der Waals surface area contributed by atoms with Crippen molar-refractivity contribution in [1.82, 2.24) is 5.32 Å². The lowest BCUT2D eigenvalue weighted by molar-refractivity contribution is 0.0868. The van der Waals surface area contributed by atoms with Crippen molar-refractivity contribution < 1.29 is 13.9 Å². The molecule has 0 spiro atoms. The van der Waals surface area contributed by atoms with Gasteiger partial charge in [0.1, 0.15) is 5.82 Å². The van der Waals surface area contributed by atoms with Crippen molar-refractivity contribution in [1.29, 1.82) is 0 Å². The van der Waals surface area contributed by atoms with E-state index in [4.69, 9.17) is 16.3 Å². The number of anilines is 1. The molecule has 0 radical (unpaired) electrons. The van der Waals surface area contributed by atoms with E-state index < -0.39 is 5.82 Å². The highest BCUT2D eigenvalue weighted by atomic mass is 35.5. The van der Waals surface area contributed by atoms with Crippen molar-refractivity contribution in [2.75, 3.05) is 11.9 Å². The average molecular weight is 287 g/mol. The minimum absolute atomic E-state index is 0.0232. The number of halogens is 2. The minimum atomic E-state index is -0.514. The normalized spacial score (nSPS) is 20.1. The SMILES string of the molecule is C[C@@H](NC(=O)Nc1ccc(F)c(Cl)c1)[C@H]1CCCO1. The second kappa shape index (κ2) is 6.21. The Morgan fingerprint density at radius 1 is 1.58 bits per heavy atom. The Labute approximate surface area is 116 Å². The monoisotopic (exact) mass is 286 g/mol. The van der Waals surface area contributed by atoms with E-state index in [0.29, 0.717) is 5.69 Å². The van der Waals surface area contributed by atoms with Gasteiger partial charge in [0.25, 0.3) is 0 Å². The van der Waals surface area contributed by atoms with E-state index >= 15 is 0 Å². The molecule has 1 heterocycles. The van der Waals surface area contributed by atoms with Crippen molar-refractivity contribution >= 4 is 23.3 Å². The first kappa shape index (κ1) is 14.1. The molecule has 0 unspecified atom stereocenters. The first-order chi connectivity index (χ1) is 9.06. The number of carbonyl (C=O) groups excluding carboxylic acids is 1. The first-order valence-electron chi connectivity index (χ1n) is 6.20. The molecule has 0 bridgehead atoms. The van der Waals surface area contributed by atoms with Gasteiger partial charge < -0.3 is 15.4 Å². The molecule has 104 valence electrons. The van der Waals surface area contributed by atoms with Crippen molar-refractivity contribution in [2.24, 2.45) is 0 Å². The van der Waals surface area contributed by atoms with E-state index in [1.54, 1.807) is 0 Å². The molecule has 2 amide bonds. The van der Waals surface area contributed by atoms with Crippen LogP contribution in [0.25, 0.3) is 0 Å². The van der Waals surface area contributed by atoms with Gasteiger partial charge in [0.05, 0.1) is 17.2 Å². The Morgan fingerprint density at radius 3 is 3.00 bits per heavy atom. The number of urea groups is 1. The lowest BCUT2D eigenvalue weighted by Gasteiger charge is -2.20. The third-order valence-corrected chi connectivity index (χ3v) is 3.35. The van der Waals surface area contributed by atoms with Gasteiger partial charge in [-0.2, -0.15) is 0 Å². The van der Waals surface area contributed by atoms with Gasteiger partial charge in [0.15, 0.2) is 0 Å². The predicted octanol–water partition coefficient (Wildman–Crippen LogP) is 3.17. The Balaban J connectivity index is 1.88. The Morgan fingerprint density at radius 2 is 2.37 bits per heavy atom. The third kappa shape index (κ3) is 3.81. The fourth-order valence-electron chi connectivity index (χ4n) is 2.04. The number of ether oxygens (including phenoxy) is 1. The highest BCUT2D eigenvalue weighted by Gasteiger charge is 2.23. The van der Waals surface area contributed by atoms with Crippen molar-refractivity contribution in [3.8, 4) is 0 Å². The van der Waals surface area contributed by atoms with Gasteiger partial charge in [0, 0.05) is 12.3 Å². The molecule has 1 saturated heterocycles. The highest BCUT2D eigenvalue weighted by molar-refractivity contribution is 6.31. The van der Waals surface area contributed by atoms with Gasteiger partial charge in [-0.15, -0.1) is 0 Å². The van der Waals surface area contributed by atoms with Crippen LogP contribution in [-0.4, -0.2) is 24.8 Å². The molecule has 2 atom stereocenters. The maximum absolute atomic E-state index is 13.0. The van der Waals surface area contributed by atoms with Crippen molar-refractivity contribution in [3.63, 3.8) is 0 Å². The van der Waals surface area contributed by atoms with Crippen molar-refractivity contribution in [2.45, 2.75) is 31.9 Å². The van der Waals surface area contributed by atoms with Crippen LogP contribution in [0.5, 0.6) is 0 Å². The summed E-state index contributed by atoms with van der Waals surface area (Å²) in [6.07, 6.45) is 2.03. The molecule has 2 rings (SSSR count). The fourth-order valence-corrected chi connectivity index (χ4v) is 2.22. The second-order valence-electron chi connectivity index (χ2n) is 4.57. The number of hydrogen-bond donors (Lipinski definition) is 2. The lowest BCUT2D eigenvalue weighted by Crippen LogP contribution is -2.42. The number of amides is 2. The molecular weight excluding hydrogens is 271 g/mol. The Bertz CT molecular complexity index is 464. The van der Waals surface area contributed by atoms with E-state index in [2.05, 4.69) is 10.6 Å². The van der Waals surface area contributed by atoms with E-state index in [0.717, 1.165) is 19.4 Å². The zero-order valence-corrected chi connectivity index (χ0v) is 11.3. The maximum Gasteiger partial charge on any atom is 0.319 e. The molecule has 6 heteroatoms. The van der Waals surface area contributed by atoms with Crippen LogP contribution >= 0.6 is 11.6 Å². The molecule has 0 aromatic heterocycles. The Kier molecular flexibility index (Phi) is 4.61. The molecular formula is C13H16ClFN2O2. The zero-order chi connectivity index (χ0) is 13.8. The summed E-state index contributed by atoms with van der Waals surface area (Å²) in [6, 6.07) is 3.61. The summed E-state index contributed by atoms with van der Waals surface area (Å²) in [7, 11) is 0. The van der Waals surface area contributed by atoms with Crippen LogP contribution in [0.2, 0.25) is 5.02 Å². The summed E-state index contributed by atoms with van der Waals surface area (Å²) in [5.74, 6) is -0.514. The van der Waals surface area contributed by atoms with Gasteiger partial charge in [0.2, 0.25) is 0 Å². The number of carbonyl (C=O) groups is 1. The zero-order valence-electron chi connectivity index (χ0n) is 10.6. The topological polar surface area (TPSA) is 50.4 Å². The lowest BCUT2D eigenvalue weighted by atomic mass is 10.1. The van der Waals surface area contributed by atoms with Gasteiger partial charge >= 0.3 is 6.03 Å². The molecule has 1 fully saturated rings. The smallest absolute Gasteiger partial charge is 0.319 e. The highest BCUT2D eigenvalue weighted by Crippen LogP contribution is 2.19. The van der Waals surface area contributed by atoms with Crippen LogP contribution in [0.1, 0.15) is 19.8 Å². The van der Waals surface area contributed by atoms with E-state index in [9.17, 15) is 9.18 Å². The number of rotatable bonds is 3. The van der Waals surface area contributed by atoms with Gasteiger partial charge in [-0.05, 0) is 38.0 Å². The predicted molar refractivity (Wildman–Crippen MR) is 72.0 cm³/mol.